The van der Waals surface area contributed by atoms with Crippen LogP contribution in [0.2, 0.25) is 0 Å². The number of primary amides is 1. The molecule has 2 unspecified atom stereocenters. The molecule has 2 rings (SSSR count). The van der Waals surface area contributed by atoms with Gasteiger partial charge < -0.3 is 16.0 Å². The zero-order chi connectivity index (χ0) is 13.7. The number of imidazole rings is 1. The Balaban J connectivity index is 1.92. The summed E-state index contributed by atoms with van der Waals surface area (Å²) in [5.41, 5.74) is 5.16. The summed E-state index contributed by atoms with van der Waals surface area (Å²) in [6, 6.07) is 0. The second-order valence-corrected chi connectivity index (χ2v) is 6.07. The molecule has 0 aromatic carbocycles. The standard InChI is InChI=1S/C13H22N4OS/c1-2-17-13(11(14)18)6-3-4-10(13)5-9-19-12-15-7-8-16-12/h7-8,10,17H,2-6,9H2,1H3,(H2,14,18)(H,15,16). The number of carbonyl (C=O) groups is 1. The van der Waals surface area contributed by atoms with Crippen LogP contribution in [-0.4, -0.2) is 33.7 Å². The van der Waals surface area contributed by atoms with Crippen LogP contribution >= 0.6 is 11.8 Å². The van der Waals surface area contributed by atoms with Crippen molar-refractivity contribution in [2.45, 2.75) is 43.3 Å². The molecule has 0 bridgehead atoms. The van der Waals surface area contributed by atoms with Crippen LogP contribution in [0.4, 0.5) is 0 Å². The van der Waals surface area contributed by atoms with Crippen LogP contribution in [-0.2, 0) is 4.79 Å². The fraction of sp³-hybridized carbons (Fsp3) is 0.692. The zero-order valence-electron chi connectivity index (χ0n) is 11.3. The molecule has 19 heavy (non-hydrogen) atoms. The summed E-state index contributed by atoms with van der Waals surface area (Å²) in [5, 5.41) is 4.28. The maximum Gasteiger partial charge on any atom is 0.238 e. The van der Waals surface area contributed by atoms with Gasteiger partial charge in [0.25, 0.3) is 0 Å². The Morgan fingerprint density at radius 1 is 1.74 bits per heavy atom. The molecule has 6 heteroatoms. The first-order valence-corrected chi connectivity index (χ1v) is 7.84. The van der Waals surface area contributed by atoms with E-state index in [2.05, 4.69) is 15.3 Å². The Morgan fingerprint density at radius 2 is 2.58 bits per heavy atom. The van der Waals surface area contributed by atoms with E-state index in [1.807, 2.05) is 13.1 Å². The molecule has 1 fully saturated rings. The average Bonchev–Trinajstić information content (AvgIpc) is 3.01. The molecular weight excluding hydrogens is 260 g/mol. The van der Waals surface area contributed by atoms with Gasteiger partial charge in [-0.2, -0.15) is 0 Å². The molecule has 106 valence electrons. The lowest BCUT2D eigenvalue weighted by molar-refractivity contribution is -0.125. The molecule has 0 radical (unpaired) electrons. The first-order valence-electron chi connectivity index (χ1n) is 6.86. The minimum atomic E-state index is -0.488. The SMILES string of the molecule is CCNC1(C(N)=O)CCCC1CCSc1ncc[nH]1. The molecule has 5 nitrogen and oxygen atoms in total. The molecule has 4 N–H and O–H groups in total. The molecule has 1 amide bonds. The van der Waals surface area contributed by atoms with Gasteiger partial charge in [0.05, 0.1) is 0 Å². The Bertz CT molecular complexity index is 409. The smallest absolute Gasteiger partial charge is 0.238 e. The zero-order valence-corrected chi connectivity index (χ0v) is 12.1. The van der Waals surface area contributed by atoms with Crippen molar-refractivity contribution in [2.24, 2.45) is 11.7 Å². The van der Waals surface area contributed by atoms with Crippen LogP contribution in [0.1, 0.15) is 32.6 Å². The molecule has 2 atom stereocenters. The van der Waals surface area contributed by atoms with Crippen molar-refractivity contribution in [3.8, 4) is 0 Å². The third-order valence-corrected chi connectivity index (χ3v) is 4.87. The van der Waals surface area contributed by atoms with Crippen LogP contribution in [0, 0.1) is 5.92 Å². The number of rotatable bonds is 7. The van der Waals surface area contributed by atoms with Crippen LogP contribution in [0.3, 0.4) is 0 Å². The normalized spacial score (nSPS) is 26.7. The first kappa shape index (κ1) is 14.4. The fourth-order valence-electron chi connectivity index (χ4n) is 3.06. The molecule has 1 aromatic heterocycles. The second-order valence-electron chi connectivity index (χ2n) is 4.99. The van der Waals surface area contributed by atoms with Gasteiger partial charge in [0, 0.05) is 18.1 Å². The third-order valence-electron chi connectivity index (χ3n) is 3.93. The molecule has 0 aliphatic heterocycles. The number of nitrogens with one attached hydrogen (secondary N) is 2. The number of aromatic amines is 1. The third kappa shape index (κ3) is 3.12. The highest BCUT2D eigenvalue weighted by atomic mass is 32.2. The number of hydrogen-bond donors (Lipinski definition) is 3. The van der Waals surface area contributed by atoms with Crippen LogP contribution < -0.4 is 11.1 Å². The summed E-state index contributed by atoms with van der Waals surface area (Å²) >= 11 is 1.70. The van der Waals surface area contributed by atoms with Gasteiger partial charge in [0.15, 0.2) is 5.16 Å². The number of hydrogen-bond acceptors (Lipinski definition) is 4. The molecule has 1 saturated carbocycles. The Hall–Kier alpha value is -1.01. The summed E-state index contributed by atoms with van der Waals surface area (Å²) in [7, 11) is 0. The van der Waals surface area contributed by atoms with Crippen molar-refractivity contribution in [3.05, 3.63) is 12.4 Å². The topological polar surface area (TPSA) is 83.8 Å². The van der Waals surface area contributed by atoms with E-state index in [0.29, 0.717) is 5.92 Å². The lowest BCUT2D eigenvalue weighted by atomic mass is 9.84. The lowest BCUT2D eigenvalue weighted by Gasteiger charge is -2.33. The Kier molecular flexibility index (Phi) is 4.87. The van der Waals surface area contributed by atoms with Gasteiger partial charge in [-0.15, -0.1) is 0 Å². The van der Waals surface area contributed by atoms with E-state index in [0.717, 1.165) is 43.1 Å². The molecule has 1 aromatic rings. The van der Waals surface area contributed by atoms with Gasteiger partial charge in [0.2, 0.25) is 5.91 Å². The summed E-state index contributed by atoms with van der Waals surface area (Å²) < 4.78 is 0. The number of likely N-dealkylation sites (N-methyl/N-ethyl adjacent to an activating group) is 1. The van der Waals surface area contributed by atoms with Crippen LogP contribution in [0.5, 0.6) is 0 Å². The first-order chi connectivity index (χ1) is 9.19. The summed E-state index contributed by atoms with van der Waals surface area (Å²) in [6.07, 6.45) is 7.59. The van der Waals surface area contributed by atoms with Crippen molar-refractivity contribution in [2.75, 3.05) is 12.3 Å². The van der Waals surface area contributed by atoms with E-state index >= 15 is 0 Å². The number of amides is 1. The highest BCUT2D eigenvalue weighted by Gasteiger charge is 2.46. The predicted octanol–water partition coefficient (Wildman–Crippen LogP) is 1.53. The van der Waals surface area contributed by atoms with E-state index in [4.69, 9.17) is 5.73 Å². The van der Waals surface area contributed by atoms with Crippen molar-refractivity contribution >= 4 is 17.7 Å². The highest BCUT2D eigenvalue weighted by Crippen LogP contribution is 2.38. The van der Waals surface area contributed by atoms with Crippen LogP contribution in [0.15, 0.2) is 17.6 Å². The number of thioether (sulfide) groups is 1. The van der Waals surface area contributed by atoms with Crippen LogP contribution in [0.25, 0.3) is 0 Å². The van der Waals surface area contributed by atoms with Gasteiger partial charge in [-0.05, 0) is 31.7 Å². The minimum absolute atomic E-state index is 0.195. The number of H-pyrrole nitrogens is 1. The summed E-state index contributed by atoms with van der Waals surface area (Å²) in [4.78, 5) is 19.1. The van der Waals surface area contributed by atoms with E-state index in [-0.39, 0.29) is 5.91 Å². The number of aromatic nitrogens is 2. The summed E-state index contributed by atoms with van der Waals surface area (Å²) in [6.45, 7) is 2.81. The van der Waals surface area contributed by atoms with E-state index in [9.17, 15) is 4.79 Å². The van der Waals surface area contributed by atoms with Gasteiger partial charge in [0.1, 0.15) is 5.54 Å². The van der Waals surface area contributed by atoms with Gasteiger partial charge in [-0.3, -0.25) is 4.79 Å². The van der Waals surface area contributed by atoms with E-state index < -0.39 is 5.54 Å². The summed E-state index contributed by atoms with van der Waals surface area (Å²) in [5.74, 6) is 1.10. The van der Waals surface area contributed by atoms with E-state index in [1.54, 1.807) is 18.0 Å². The maximum absolute atomic E-state index is 11.9. The quantitative estimate of drug-likeness (QED) is 0.662. The largest absolute Gasteiger partial charge is 0.368 e. The molecule has 0 saturated heterocycles. The van der Waals surface area contributed by atoms with Crippen molar-refractivity contribution < 1.29 is 4.79 Å². The van der Waals surface area contributed by atoms with Gasteiger partial charge >= 0.3 is 0 Å². The molecular formula is C13H22N4OS. The lowest BCUT2D eigenvalue weighted by Crippen LogP contribution is -2.57. The number of nitrogens with zero attached hydrogens (tertiary/aromatic N) is 1. The highest BCUT2D eigenvalue weighted by molar-refractivity contribution is 7.99. The fourth-order valence-corrected chi connectivity index (χ4v) is 3.94. The van der Waals surface area contributed by atoms with Gasteiger partial charge in [-0.1, -0.05) is 25.1 Å². The molecule has 1 aliphatic rings. The van der Waals surface area contributed by atoms with Crippen molar-refractivity contribution in [1.29, 1.82) is 0 Å². The molecule has 0 spiro atoms. The Labute approximate surface area is 118 Å². The monoisotopic (exact) mass is 282 g/mol. The predicted molar refractivity (Wildman–Crippen MR) is 76.9 cm³/mol. The average molecular weight is 282 g/mol. The van der Waals surface area contributed by atoms with Crippen molar-refractivity contribution in [1.82, 2.24) is 15.3 Å². The van der Waals surface area contributed by atoms with Gasteiger partial charge in [-0.25, -0.2) is 4.98 Å². The second kappa shape index (κ2) is 6.43. The number of nitrogens with two attached hydrogens (primary N) is 1. The van der Waals surface area contributed by atoms with E-state index in [1.165, 1.54) is 0 Å². The molecule has 1 aliphatic carbocycles. The maximum atomic E-state index is 11.9. The minimum Gasteiger partial charge on any atom is -0.368 e. The Morgan fingerprint density at radius 3 is 3.21 bits per heavy atom. The molecule has 1 heterocycles. The van der Waals surface area contributed by atoms with Crippen molar-refractivity contribution in [3.63, 3.8) is 0 Å². The number of carbonyl (C=O) groups excluding carboxylic acids is 1.